The first-order valence-corrected chi connectivity index (χ1v) is 5.59. The SMILES string of the molecule is CC(C)CCC[C@H](C)C/C=N/NC(N)=O. The van der Waals surface area contributed by atoms with Crippen LogP contribution in [0.4, 0.5) is 4.79 Å². The molecule has 0 aliphatic carbocycles. The monoisotopic (exact) mass is 213 g/mol. The Hall–Kier alpha value is -1.06. The molecule has 2 amide bonds. The molecule has 0 aromatic carbocycles. The average molecular weight is 213 g/mol. The molecule has 0 bridgehead atoms. The minimum absolute atomic E-state index is 0.612. The van der Waals surface area contributed by atoms with E-state index in [-0.39, 0.29) is 0 Å². The van der Waals surface area contributed by atoms with Crippen molar-refractivity contribution in [3.05, 3.63) is 0 Å². The first-order valence-electron chi connectivity index (χ1n) is 5.59. The highest BCUT2D eigenvalue weighted by Crippen LogP contribution is 2.13. The maximum atomic E-state index is 10.3. The molecule has 0 rings (SSSR count). The van der Waals surface area contributed by atoms with E-state index in [2.05, 4.69) is 31.3 Å². The molecule has 4 nitrogen and oxygen atoms in total. The highest BCUT2D eigenvalue weighted by molar-refractivity contribution is 5.72. The fraction of sp³-hybridized carbons (Fsp3) is 0.818. The van der Waals surface area contributed by atoms with Gasteiger partial charge in [-0.05, 0) is 18.3 Å². The van der Waals surface area contributed by atoms with E-state index < -0.39 is 6.03 Å². The van der Waals surface area contributed by atoms with Gasteiger partial charge in [-0.3, -0.25) is 0 Å². The van der Waals surface area contributed by atoms with Gasteiger partial charge in [0.2, 0.25) is 0 Å². The molecule has 0 radical (unpaired) electrons. The molecule has 0 fully saturated rings. The zero-order valence-corrected chi connectivity index (χ0v) is 9.99. The molecule has 88 valence electrons. The zero-order chi connectivity index (χ0) is 11.7. The first kappa shape index (κ1) is 13.9. The van der Waals surface area contributed by atoms with E-state index in [1.807, 2.05) is 0 Å². The number of carbonyl (C=O) groups excluding carboxylic acids is 1. The van der Waals surface area contributed by atoms with Crippen LogP contribution in [-0.4, -0.2) is 12.2 Å². The van der Waals surface area contributed by atoms with Crippen LogP contribution in [0.3, 0.4) is 0 Å². The third-order valence-corrected chi connectivity index (χ3v) is 2.25. The number of rotatable bonds is 7. The minimum atomic E-state index is -0.612. The summed E-state index contributed by atoms with van der Waals surface area (Å²) in [5.41, 5.74) is 7.04. The molecule has 0 unspecified atom stereocenters. The quantitative estimate of drug-likeness (QED) is 0.495. The van der Waals surface area contributed by atoms with Crippen molar-refractivity contribution in [1.29, 1.82) is 0 Å². The van der Waals surface area contributed by atoms with E-state index >= 15 is 0 Å². The van der Waals surface area contributed by atoms with E-state index in [0.29, 0.717) is 5.92 Å². The van der Waals surface area contributed by atoms with Crippen molar-refractivity contribution in [3.63, 3.8) is 0 Å². The molecule has 0 saturated heterocycles. The average Bonchev–Trinajstić information content (AvgIpc) is 2.11. The predicted octanol–water partition coefficient (Wildman–Crippen LogP) is 2.49. The maximum absolute atomic E-state index is 10.3. The lowest BCUT2D eigenvalue weighted by Crippen LogP contribution is -2.24. The molecule has 0 aromatic rings. The summed E-state index contributed by atoms with van der Waals surface area (Å²) in [6.07, 6.45) is 6.35. The number of amides is 2. The first-order chi connectivity index (χ1) is 7.02. The summed E-state index contributed by atoms with van der Waals surface area (Å²) < 4.78 is 0. The van der Waals surface area contributed by atoms with Gasteiger partial charge in [0.25, 0.3) is 0 Å². The Bertz CT molecular complexity index is 202. The van der Waals surface area contributed by atoms with Crippen LogP contribution in [0.1, 0.15) is 46.5 Å². The summed E-state index contributed by atoms with van der Waals surface area (Å²) in [6, 6.07) is -0.612. The van der Waals surface area contributed by atoms with Crippen molar-refractivity contribution in [2.24, 2.45) is 22.7 Å². The summed E-state index contributed by atoms with van der Waals surface area (Å²) in [5, 5.41) is 3.70. The van der Waals surface area contributed by atoms with Gasteiger partial charge in [-0.1, -0.05) is 40.0 Å². The Morgan fingerprint density at radius 3 is 2.60 bits per heavy atom. The molecule has 0 aliphatic heterocycles. The van der Waals surface area contributed by atoms with Crippen molar-refractivity contribution < 1.29 is 4.79 Å². The number of nitrogens with one attached hydrogen (secondary N) is 1. The lowest BCUT2D eigenvalue weighted by Gasteiger charge is -2.09. The van der Waals surface area contributed by atoms with Crippen LogP contribution in [-0.2, 0) is 0 Å². The molecule has 0 aromatic heterocycles. The van der Waals surface area contributed by atoms with Crippen molar-refractivity contribution >= 4 is 12.2 Å². The van der Waals surface area contributed by atoms with Crippen LogP contribution in [0.5, 0.6) is 0 Å². The van der Waals surface area contributed by atoms with Gasteiger partial charge in [-0.15, -0.1) is 0 Å². The Kier molecular flexibility index (Phi) is 7.68. The van der Waals surface area contributed by atoms with Gasteiger partial charge >= 0.3 is 6.03 Å². The third kappa shape index (κ3) is 10.9. The zero-order valence-electron chi connectivity index (χ0n) is 9.99. The minimum Gasteiger partial charge on any atom is -0.350 e. The topological polar surface area (TPSA) is 67.5 Å². The Morgan fingerprint density at radius 1 is 1.40 bits per heavy atom. The Balaban J connectivity index is 3.44. The van der Waals surface area contributed by atoms with Gasteiger partial charge < -0.3 is 5.73 Å². The number of hydrogen-bond acceptors (Lipinski definition) is 2. The van der Waals surface area contributed by atoms with Crippen molar-refractivity contribution in [2.75, 3.05) is 0 Å². The van der Waals surface area contributed by atoms with Gasteiger partial charge in [0.05, 0.1) is 0 Å². The van der Waals surface area contributed by atoms with Crippen molar-refractivity contribution in [2.45, 2.75) is 46.5 Å². The van der Waals surface area contributed by atoms with E-state index in [4.69, 9.17) is 5.73 Å². The summed E-state index contributed by atoms with van der Waals surface area (Å²) in [5.74, 6) is 1.39. The molecule has 15 heavy (non-hydrogen) atoms. The Labute approximate surface area is 92.3 Å². The Morgan fingerprint density at radius 2 is 2.07 bits per heavy atom. The summed E-state index contributed by atoms with van der Waals surface area (Å²) >= 11 is 0. The summed E-state index contributed by atoms with van der Waals surface area (Å²) in [6.45, 7) is 6.67. The molecule has 4 heteroatoms. The molecule has 3 N–H and O–H groups in total. The number of primary amides is 1. The van der Waals surface area contributed by atoms with Crippen LogP contribution in [0.2, 0.25) is 0 Å². The molecule has 0 saturated carbocycles. The van der Waals surface area contributed by atoms with Crippen LogP contribution >= 0.6 is 0 Å². The molecular weight excluding hydrogens is 190 g/mol. The van der Waals surface area contributed by atoms with Crippen LogP contribution < -0.4 is 11.2 Å². The number of carbonyl (C=O) groups is 1. The lowest BCUT2D eigenvalue weighted by atomic mass is 9.98. The fourth-order valence-corrected chi connectivity index (χ4v) is 1.33. The van der Waals surface area contributed by atoms with Gasteiger partial charge in [-0.2, -0.15) is 5.10 Å². The highest BCUT2D eigenvalue weighted by atomic mass is 16.2. The predicted molar refractivity (Wildman–Crippen MR) is 63.7 cm³/mol. The lowest BCUT2D eigenvalue weighted by molar-refractivity contribution is 0.249. The van der Waals surface area contributed by atoms with Gasteiger partial charge in [0.1, 0.15) is 0 Å². The summed E-state index contributed by atoms with van der Waals surface area (Å²) in [4.78, 5) is 10.3. The van der Waals surface area contributed by atoms with Crippen molar-refractivity contribution in [3.8, 4) is 0 Å². The fourth-order valence-electron chi connectivity index (χ4n) is 1.33. The van der Waals surface area contributed by atoms with E-state index in [9.17, 15) is 4.79 Å². The molecular formula is C11H23N3O. The second-order valence-electron chi connectivity index (χ2n) is 4.45. The third-order valence-electron chi connectivity index (χ3n) is 2.25. The van der Waals surface area contributed by atoms with Gasteiger partial charge in [-0.25, -0.2) is 10.2 Å². The van der Waals surface area contributed by atoms with E-state index in [0.717, 1.165) is 12.3 Å². The normalized spacial score (nSPS) is 13.3. The maximum Gasteiger partial charge on any atom is 0.332 e. The van der Waals surface area contributed by atoms with E-state index in [1.54, 1.807) is 6.21 Å². The standard InChI is InChI=1S/C11H23N3O/c1-9(2)5-4-6-10(3)7-8-13-14-11(12)15/h8-10H,4-7H2,1-3H3,(H3,12,14,15)/b13-8+/t10-/m0/s1. The highest BCUT2D eigenvalue weighted by Gasteiger charge is 2.01. The molecule has 1 atom stereocenters. The number of nitrogens with zero attached hydrogens (tertiary/aromatic N) is 1. The van der Waals surface area contributed by atoms with Gasteiger partial charge in [0.15, 0.2) is 0 Å². The van der Waals surface area contributed by atoms with Crippen LogP contribution in [0.15, 0.2) is 5.10 Å². The van der Waals surface area contributed by atoms with Crippen molar-refractivity contribution in [1.82, 2.24) is 5.43 Å². The van der Waals surface area contributed by atoms with E-state index in [1.165, 1.54) is 19.3 Å². The molecule has 0 spiro atoms. The number of nitrogens with two attached hydrogens (primary N) is 1. The van der Waals surface area contributed by atoms with Crippen LogP contribution in [0, 0.1) is 11.8 Å². The van der Waals surface area contributed by atoms with Crippen LogP contribution in [0.25, 0.3) is 0 Å². The molecule has 0 aliphatic rings. The number of hydrazone groups is 1. The smallest absolute Gasteiger partial charge is 0.332 e. The number of hydrogen-bond donors (Lipinski definition) is 2. The molecule has 0 heterocycles. The number of urea groups is 1. The van der Waals surface area contributed by atoms with Gasteiger partial charge in [0, 0.05) is 6.21 Å². The summed E-state index contributed by atoms with van der Waals surface area (Å²) in [7, 11) is 0. The second-order valence-corrected chi connectivity index (χ2v) is 4.45. The largest absolute Gasteiger partial charge is 0.350 e. The second kappa shape index (κ2) is 8.26.